The predicted octanol–water partition coefficient (Wildman–Crippen LogP) is 0.124. The van der Waals surface area contributed by atoms with Gasteiger partial charge in [0.15, 0.2) is 0 Å². The van der Waals surface area contributed by atoms with Crippen molar-refractivity contribution < 1.29 is 14.3 Å². The van der Waals surface area contributed by atoms with E-state index < -0.39 is 0 Å². The summed E-state index contributed by atoms with van der Waals surface area (Å²) in [6.07, 6.45) is -0.160. The second kappa shape index (κ2) is 5.11. The van der Waals surface area contributed by atoms with E-state index in [4.69, 9.17) is 4.74 Å². The van der Waals surface area contributed by atoms with Crippen LogP contribution >= 0.6 is 0 Å². The minimum absolute atomic E-state index is 0.160. The summed E-state index contributed by atoms with van der Waals surface area (Å²) in [6.45, 7) is 1.83. The SMILES string of the molecule is COC(=O)C(C(C)OC)N(C)C. The second-order valence-corrected chi connectivity index (χ2v) is 2.87. The normalized spacial score (nSPS) is 15.8. The van der Waals surface area contributed by atoms with E-state index >= 15 is 0 Å². The first-order valence-electron chi connectivity index (χ1n) is 3.81. The van der Waals surface area contributed by atoms with Gasteiger partial charge in [-0.1, -0.05) is 0 Å². The molecule has 0 aliphatic carbocycles. The number of nitrogens with zero attached hydrogens (tertiary/aromatic N) is 1. The highest BCUT2D eigenvalue weighted by Crippen LogP contribution is 2.05. The fourth-order valence-corrected chi connectivity index (χ4v) is 1.07. The van der Waals surface area contributed by atoms with Crippen LogP contribution in [0, 0.1) is 0 Å². The van der Waals surface area contributed by atoms with Crippen molar-refractivity contribution in [2.75, 3.05) is 28.3 Å². The largest absolute Gasteiger partial charge is 0.468 e. The topological polar surface area (TPSA) is 38.8 Å². The summed E-state index contributed by atoms with van der Waals surface area (Å²) >= 11 is 0. The molecule has 0 spiro atoms. The lowest BCUT2D eigenvalue weighted by molar-refractivity contribution is -0.150. The standard InChI is InChI=1S/C8H17NO3/c1-6(11-4)7(9(2)3)8(10)12-5/h6-7H,1-5H3. The highest BCUT2D eigenvalue weighted by atomic mass is 16.5. The molecule has 0 radical (unpaired) electrons. The second-order valence-electron chi connectivity index (χ2n) is 2.87. The van der Waals surface area contributed by atoms with Gasteiger partial charge in [0.1, 0.15) is 6.04 Å². The Labute approximate surface area is 73.4 Å². The van der Waals surface area contributed by atoms with Crippen molar-refractivity contribution in [3.8, 4) is 0 Å². The molecule has 0 aliphatic heterocycles. The number of esters is 1. The van der Waals surface area contributed by atoms with E-state index in [-0.39, 0.29) is 18.1 Å². The molecule has 0 aromatic rings. The van der Waals surface area contributed by atoms with Crippen molar-refractivity contribution in [1.29, 1.82) is 0 Å². The molecule has 0 amide bonds. The molecule has 4 nitrogen and oxygen atoms in total. The number of carbonyl (C=O) groups is 1. The average molecular weight is 175 g/mol. The minimum atomic E-state index is -0.333. The van der Waals surface area contributed by atoms with Gasteiger partial charge in [0.25, 0.3) is 0 Å². The molecule has 0 N–H and O–H groups in total. The minimum Gasteiger partial charge on any atom is -0.468 e. The molecule has 0 rings (SSSR count). The third-order valence-corrected chi connectivity index (χ3v) is 1.82. The van der Waals surface area contributed by atoms with Crippen LogP contribution in [0.4, 0.5) is 0 Å². The molecule has 0 saturated heterocycles. The number of hydrogen-bond acceptors (Lipinski definition) is 4. The van der Waals surface area contributed by atoms with Gasteiger partial charge in [-0.25, -0.2) is 0 Å². The van der Waals surface area contributed by atoms with E-state index in [2.05, 4.69) is 4.74 Å². The van der Waals surface area contributed by atoms with E-state index in [1.807, 2.05) is 21.0 Å². The molecule has 0 aliphatic rings. The smallest absolute Gasteiger partial charge is 0.325 e. The van der Waals surface area contributed by atoms with Crippen LogP contribution in [0.1, 0.15) is 6.92 Å². The summed E-state index contributed by atoms with van der Waals surface area (Å²) in [4.78, 5) is 13.0. The lowest BCUT2D eigenvalue weighted by atomic mass is 10.1. The molecule has 0 aromatic carbocycles. The summed E-state index contributed by atoms with van der Waals surface area (Å²) < 4.78 is 9.69. The molecule has 72 valence electrons. The zero-order valence-electron chi connectivity index (χ0n) is 8.33. The Balaban J connectivity index is 4.32. The van der Waals surface area contributed by atoms with Gasteiger partial charge >= 0.3 is 5.97 Å². The summed E-state index contributed by atoms with van der Waals surface area (Å²) in [5.41, 5.74) is 0. The number of hydrogen-bond donors (Lipinski definition) is 0. The quantitative estimate of drug-likeness (QED) is 0.569. The maximum absolute atomic E-state index is 11.2. The van der Waals surface area contributed by atoms with E-state index in [1.165, 1.54) is 7.11 Å². The van der Waals surface area contributed by atoms with Gasteiger partial charge in [-0.3, -0.25) is 9.69 Å². The zero-order chi connectivity index (χ0) is 9.72. The van der Waals surface area contributed by atoms with Crippen LogP contribution in [0.15, 0.2) is 0 Å². The van der Waals surface area contributed by atoms with Crippen LogP contribution in [0.25, 0.3) is 0 Å². The van der Waals surface area contributed by atoms with E-state index in [1.54, 1.807) is 12.0 Å². The van der Waals surface area contributed by atoms with E-state index in [9.17, 15) is 4.79 Å². The summed E-state index contributed by atoms with van der Waals surface area (Å²) in [5, 5.41) is 0. The average Bonchev–Trinajstić information content (AvgIpc) is 2.03. The Kier molecular flexibility index (Phi) is 4.85. The highest BCUT2D eigenvalue weighted by Gasteiger charge is 2.27. The van der Waals surface area contributed by atoms with Crippen molar-refractivity contribution >= 4 is 5.97 Å². The molecule has 0 saturated carbocycles. The van der Waals surface area contributed by atoms with Gasteiger partial charge in [0.05, 0.1) is 13.2 Å². The van der Waals surface area contributed by atoms with Crippen LogP contribution in [0.2, 0.25) is 0 Å². The van der Waals surface area contributed by atoms with E-state index in [0.717, 1.165) is 0 Å². The number of rotatable bonds is 4. The van der Waals surface area contributed by atoms with Crippen LogP contribution < -0.4 is 0 Å². The molecule has 4 heteroatoms. The number of likely N-dealkylation sites (N-methyl/N-ethyl adjacent to an activating group) is 1. The van der Waals surface area contributed by atoms with E-state index in [0.29, 0.717) is 0 Å². The Hall–Kier alpha value is -0.610. The lowest BCUT2D eigenvalue weighted by Crippen LogP contribution is -2.45. The first kappa shape index (κ1) is 11.4. The number of carbonyl (C=O) groups excluding carboxylic acids is 1. The third kappa shape index (κ3) is 2.79. The monoisotopic (exact) mass is 175 g/mol. The van der Waals surface area contributed by atoms with Gasteiger partial charge in [-0.15, -0.1) is 0 Å². The first-order chi connectivity index (χ1) is 5.54. The van der Waals surface area contributed by atoms with Crippen LogP contribution in [-0.4, -0.2) is 51.3 Å². The number of ether oxygens (including phenoxy) is 2. The fourth-order valence-electron chi connectivity index (χ4n) is 1.07. The molecule has 12 heavy (non-hydrogen) atoms. The van der Waals surface area contributed by atoms with Gasteiger partial charge < -0.3 is 9.47 Å². The molecule has 0 heterocycles. The van der Waals surface area contributed by atoms with Gasteiger partial charge in [0.2, 0.25) is 0 Å². The molecular formula is C8H17NO3. The van der Waals surface area contributed by atoms with Crippen molar-refractivity contribution in [1.82, 2.24) is 4.90 Å². The molecule has 2 unspecified atom stereocenters. The number of methoxy groups -OCH3 is 2. The fraction of sp³-hybridized carbons (Fsp3) is 0.875. The van der Waals surface area contributed by atoms with Gasteiger partial charge in [-0.05, 0) is 21.0 Å². The van der Waals surface area contributed by atoms with Crippen LogP contribution in [0.5, 0.6) is 0 Å². The maximum atomic E-state index is 11.2. The van der Waals surface area contributed by atoms with Crippen LogP contribution in [0.3, 0.4) is 0 Å². The Morgan fingerprint density at radius 1 is 1.33 bits per heavy atom. The van der Waals surface area contributed by atoms with Crippen LogP contribution in [-0.2, 0) is 14.3 Å². The first-order valence-corrected chi connectivity index (χ1v) is 3.81. The van der Waals surface area contributed by atoms with Gasteiger partial charge in [0, 0.05) is 7.11 Å². The third-order valence-electron chi connectivity index (χ3n) is 1.82. The summed E-state index contributed by atoms with van der Waals surface area (Å²) in [5.74, 6) is -0.269. The van der Waals surface area contributed by atoms with Crippen molar-refractivity contribution in [3.63, 3.8) is 0 Å². The zero-order valence-corrected chi connectivity index (χ0v) is 8.33. The molecule has 0 fully saturated rings. The van der Waals surface area contributed by atoms with Crippen molar-refractivity contribution in [2.24, 2.45) is 0 Å². The molecular weight excluding hydrogens is 158 g/mol. The summed E-state index contributed by atoms with van der Waals surface area (Å²) in [7, 11) is 6.58. The highest BCUT2D eigenvalue weighted by molar-refractivity contribution is 5.76. The maximum Gasteiger partial charge on any atom is 0.325 e. The predicted molar refractivity (Wildman–Crippen MR) is 46.0 cm³/mol. The molecule has 0 aromatic heterocycles. The Morgan fingerprint density at radius 2 is 1.83 bits per heavy atom. The van der Waals surface area contributed by atoms with Crippen molar-refractivity contribution in [2.45, 2.75) is 19.1 Å². The lowest BCUT2D eigenvalue weighted by Gasteiger charge is -2.26. The summed E-state index contributed by atoms with van der Waals surface area (Å²) in [6, 6.07) is -0.333. The Morgan fingerprint density at radius 3 is 2.08 bits per heavy atom. The van der Waals surface area contributed by atoms with Crippen molar-refractivity contribution in [3.05, 3.63) is 0 Å². The molecule has 2 atom stereocenters. The van der Waals surface area contributed by atoms with Gasteiger partial charge in [-0.2, -0.15) is 0 Å². The molecule has 0 bridgehead atoms. The Bertz CT molecular complexity index is 147.